The molecule has 35 heavy (non-hydrogen) atoms. The summed E-state index contributed by atoms with van der Waals surface area (Å²) in [7, 11) is 3.04. The summed E-state index contributed by atoms with van der Waals surface area (Å²) in [6.45, 7) is 1.06. The fourth-order valence-electron chi connectivity index (χ4n) is 3.69. The van der Waals surface area contributed by atoms with Gasteiger partial charge in [0.15, 0.2) is 5.75 Å². The van der Waals surface area contributed by atoms with Crippen LogP contribution in [0.3, 0.4) is 0 Å². The molecule has 3 rings (SSSR count). The van der Waals surface area contributed by atoms with E-state index < -0.39 is 24.3 Å². The molecule has 1 aliphatic rings. The molecule has 2 heterocycles. The van der Waals surface area contributed by atoms with Crippen molar-refractivity contribution in [1.29, 1.82) is 0 Å². The molecule has 9 nitrogen and oxygen atoms in total. The number of nitrogens with two attached hydrogens (primary N) is 1. The van der Waals surface area contributed by atoms with E-state index in [1.54, 1.807) is 12.3 Å². The van der Waals surface area contributed by atoms with Gasteiger partial charge in [-0.05, 0) is 37.8 Å². The summed E-state index contributed by atoms with van der Waals surface area (Å²) in [6, 6.07) is 3.59. The third-order valence-electron chi connectivity index (χ3n) is 5.53. The Bertz CT molecular complexity index is 882. The lowest BCUT2D eigenvalue weighted by molar-refractivity contribution is -0.185. The van der Waals surface area contributed by atoms with E-state index in [0.717, 1.165) is 0 Å². The smallest absolute Gasteiger partial charge is 0.391 e. The van der Waals surface area contributed by atoms with Crippen molar-refractivity contribution in [1.82, 2.24) is 9.97 Å². The largest absolute Gasteiger partial charge is 0.487 e. The minimum Gasteiger partial charge on any atom is -0.487 e. The number of methoxy groups -OCH3 is 2. The third-order valence-corrected chi connectivity index (χ3v) is 5.53. The number of nitrogens with one attached hydrogen (secondary N) is 1. The number of ether oxygens (including phenoxy) is 3. The molecule has 2 aromatic rings. The maximum atomic E-state index is 12.8. The van der Waals surface area contributed by atoms with Gasteiger partial charge in [-0.2, -0.15) is 13.2 Å². The molecule has 0 aliphatic heterocycles. The molecular formula is C23H35F3N4O5. The molecule has 5 N–H and O–H groups in total. The number of pyridine rings is 2. The second-order valence-corrected chi connectivity index (χ2v) is 8.34. The van der Waals surface area contributed by atoms with Gasteiger partial charge in [-0.15, -0.1) is 0 Å². The van der Waals surface area contributed by atoms with Crippen LogP contribution in [0.15, 0.2) is 24.5 Å². The van der Waals surface area contributed by atoms with Gasteiger partial charge in [-0.3, -0.25) is 4.98 Å². The van der Waals surface area contributed by atoms with E-state index in [-0.39, 0.29) is 38.6 Å². The number of nitrogens with zero attached hydrogens (tertiary/aromatic N) is 2. The Labute approximate surface area is 202 Å². The van der Waals surface area contributed by atoms with Crippen molar-refractivity contribution in [2.24, 2.45) is 11.7 Å². The Balaban J connectivity index is 0.000000540. The maximum Gasteiger partial charge on any atom is 0.391 e. The van der Waals surface area contributed by atoms with E-state index >= 15 is 0 Å². The number of hydrogen-bond acceptors (Lipinski definition) is 9. The van der Waals surface area contributed by atoms with Gasteiger partial charge >= 0.3 is 6.18 Å². The van der Waals surface area contributed by atoms with Crippen molar-refractivity contribution in [3.63, 3.8) is 0 Å². The molecule has 0 saturated heterocycles. The number of alkyl halides is 3. The summed E-state index contributed by atoms with van der Waals surface area (Å²) in [5, 5.41) is 22.2. The fraction of sp³-hybridized carbons (Fsp3) is 0.652. The lowest BCUT2D eigenvalue weighted by Crippen LogP contribution is -2.32. The monoisotopic (exact) mass is 504 g/mol. The summed E-state index contributed by atoms with van der Waals surface area (Å²) in [5.74, 6) is -0.245. The first-order chi connectivity index (χ1) is 16.7. The van der Waals surface area contributed by atoms with Crippen LogP contribution in [0.1, 0.15) is 25.7 Å². The van der Waals surface area contributed by atoms with Crippen molar-refractivity contribution in [3.8, 4) is 5.75 Å². The second kappa shape index (κ2) is 14.3. The number of rotatable bonds is 10. The van der Waals surface area contributed by atoms with E-state index in [9.17, 15) is 18.3 Å². The lowest BCUT2D eigenvalue weighted by atomic mass is 9.87. The lowest BCUT2D eigenvalue weighted by Gasteiger charge is -2.30. The Kier molecular flexibility index (Phi) is 11.9. The Morgan fingerprint density at radius 2 is 1.74 bits per heavy atom. The van der Waals surface area contributed by atoms with Gasteiger partial charge in [-0.1, -0.05) is 0 Å². The SMILES string of the molecule is COCC(O)CN.COCC(O)CNc1ncc(O[C@H]2CC[C@H](C(F)(F)F)CC2)c2ncccc12. The molecule has 1 fully saturated rings. The highest BCUT2D eigenvalue weighted by Crippen LogP contribution is 2.39. The van der Waals surface area contributed by atoms with Crippen LogP contribution in [-0.4, -0.2) is 85.2 Å². The quantitative estimate of drug-likeness (QED) is 0.385. The average molecular weight is 505 g/mol. The van der Waals surface area contributed by atoms with Gasteiger partial charge < -0.3 is 35.5 Å². The molecule has 2 aromatic heterocycles. The molecule has 2 unspecified atom stereocenters. The minimum absolute atomic E-state index is 0.0734. The fourth-order valence-corrected chi connectivity index (χ4v) is 3.69. The van der Waals surface area contributed by atoms with E-state index in [4.69, 9.17) is 20.3 Å². The number of anilines is 1. The Hall–Kier alpha value is -2.25. The van der Waals surface area contributed by atoms with Crippen molar-refractivity contribution in [2.45, 2.75) is 50.2 Å². The number of aliphatic hydroxyl groups is 2. The molecule has 0 amide bonds. The van der Waals surface area contributed by atoms with Gasteiger partial charge in [-0.25, -0.2) is 4.98 Å². The van der Waals surface area contributed by atoms with Crippen LogP contribution in [0.5, 0.6) is 5.75 Å². The van der Waals surface area contributed by atoms with Crippen molar-refractivity contribution < 1.29 is 37.6 Å². The second-order valence-electron chi connectivity index (χ2n) is 8.34. The maximum absolute atomic E-state index is 12.8. The van der Waals surface area contributed by atoms with Crippen LogP contribution in [0.4, 0.5) is 19.0 Å². The molecule has 2 atom stereocenters. The number of aromatic nitrogens is 2. The summed E-state index contributed by atoms with van der Waals surface area (Å²) in [5.41, 5.74) is 5.61. The van der Waals surface area contributed by atoms with E-state index in [2.05, 4.69) is 20.0 Å². The number of hydrogen-bond donors (Lipinski definition) is 4. The van der Waals surface area contributed by atoms with E-state index in [1.165, 1.54) is 20.4 Å². The first kappa shape index (κ1) is 29.0. The van der Waals surface area contributed by atoms with Crippen molar-refractivity contribution in [2.75, 3.05) is 45.8 Å². The predicted molar refractivity (Wildman–Crippen MR) is 125 cm³/mol. The summed E-state index contributed by atoms with van der Waals surface area (Å²) >= 11 is 0. The zero-order chi connectivity index (χ0) is 25.8. The first-order valence-corrected chi connectivity index (χ1v) is 11.4. The molecule has 1 saturated carbocycles. The number of halogens is 3. The van der Waals surface area contributed by atoms with Crippen LogP contribution in [0.2, 0.25) is 0 Å². The molecule has 1 aliphatic carbocycles. The normalized spacial score (nSPS) is 20.0. The molecule has 198 valence electrons. The van der Waals surface area contributed by atoms with Gasteiger partial charge in [0.1, 0.15) is 11.3 Å². The molecule has 0 aromatic carbocycles. The van der Waals surface area contributed by atoms with Crippen LogP contribution in [-0.2, 0) is 9.47 Å². The minimum atomic E-state index is -4.14. The highest BCUT2D eigenvalue weighted by atomic mass is 19.4. The van der Waals surface area contributed by atoms with Gasteiger partial charge in [0, 0.05) is 38.9 Å². The van der Waals surface area contributed by atoms with E-state index in [1.807, 2.05) is 6.07 Å². The third kappa shape index (κ3) is 9.37. The zero-order valence-corrected chi connectivity index (χ0v) is 20.0. The van der Waals surface area contributed by atoms with Crippen LogP contribution < -0.4 is 15.8 Å². The van der Waals surface area contributed by atoms with Crippen LogP contribution in [0.25, 0.3) is 10.9 Å². The first-order valence-electron chi connectivity index (χ1n) is 11.4. The molecule has 0 spiro atoms. The number of aliphatic hydroxyl groups excluding tert-OH is 2. The highest BCUT2D eigenvalue weighted by Gasteiger charge is 2.41. The van der Waals surface area contributed by atoms with Crippen LogP contribution >= 0.6 is 0 Å². The van der Waals surface area contributed by atoms with Crippen molar-refractivity contribution >= 4 is 16.7 Å². The average Bonchev–Trinajstić information content (AvgIpc) is 2.84. The van der Waals surface area contributed by atoms with Gasteiger partial charge in [0.25, 0.3) is 0 Å². The topological polar surface area (TPSA) is 132 Å². The van der Waals surface area contributed by atoms with Crippen LogP contribution in [0, 0.1) is 5.92 Å². The summed E-state index contributed by atoms with van der Waals surface area (Å²) in [6.07, 6.45) is -1.61. The van der Waals surface area contributed by atoms with Gasteiger partial charge in [0.2, 0.25) is 0 Å². The zero-order valence-electron chi connectivity index (χ0n) is 20.0. The molecule has 0 radical (unpaired) electrons. The standard InChI is InChI=1S/C19H24F3N3O3.C4H11NO2/c1-27-11-13(26)9-24-18-15-3-2-8-23-17(15)16(10-25-18)28-14-6-4-12(5-7-14)19(20,21)22;1-7-3-4(6)2-5/h2-3,8,10,12-14,26H,4-7,9,11H2,1H3,(H,24,25);4,6H,2-3,5H2,1H3/t12-,13?,14-;. The predicted octanol–water partition coefficient (Wildman–Crippen LogP) is 2.50. The van der Waals surface area contributed by atoms with Gasteiger partial charge in [0.05, 0.1) is 43.6 Å². The summed E-state index contributed by atoms with van der Waals surface area (Å²) in [4.78, 5) is 8.70. The Morgan fingerprint density at radius 1 is 1.09 bits per heavy atom. The van der Waals surface area contributed by atoms with Crippen molar-refractivity contribution in [3.05, 3.63) is 24.5 Å². The number of fused-ring (bicyclic) bond motifs is 1. The molecule has 12 heteroatoms. The molecular weight excluding hydrogens is 469 g/mol. The molecule has 0 bridgehead atoms. The highest BCUT2D eigenvalue weighted by molar-refractivity contribution is 5.92. The summed E-state index contributed by atoms with van der Waals surface area (Å²) < 4.78 is 53.9. The Morgan fingerprint density at radius 3 is 2.31 bits per heavy atom. The van der Waals surface area contributed by atoms with E-state index in [0.29, 0.717) is 41.9 Å².